The molecule has 6 heteroatoms. The van der Waals surface area contributed by atoms with E-state index in [1.165, 1.54) is 12.8 Å². The summed E-state index contributed by atoms with van der Waals surface area (Å²) in [7, 11) is 4.21. The van der Waals surface area contributed by atoms with E-state index in [0.717, 1.165) is 24.6 Å². The molecule has 2 aromatic heterocycles. The highest BCUT2D eigenvalue weighted by atomic mass is 15.3. The summed E-state index contributed by atoms with van der Waals surface area (Å²) >= 11 is 0. The van der Waals surface area contributed by atoms with Gasteiger partial charge in [-0.1, -0.05) is 0 Å². The van der Waals surface area contributed by atoms with Crippen LogP contribution in [0.1, 0.15) is 12.8 Å². The molecule has 1 fully saturated rings. The minimum Gasteiger partial charge on any atom is -0.382 e. The molecule has 0 bridgehead atoms. The molecule has 19 heavy (non-hydrogen) atoms. The van der Waals surface area contributed by atoms with Gasteiger partial charge in [-0.25, -0.2) is 9.97 Å². The number of likely N-dealkylation sites (N-methyl/N-ethyl adjacent to an activating group) is 1. The topological polar surface area (TPSA) is 62.7 Å². The Bertz CT molecular complexity index is 576. The van der Waals surface area contributed by atoms with Crippen LogP contribution in [0, 0.1) is 0 Å². The van der Waals surface area contributed by atoms with Gasteiger partial charge < -0.3 is 19.9 Å². The minimum atomic E-state index is 0.491. The monoisotopic (exact) mass is 260 g/mol. The van der Waals surface area contributed by atoms with Gasteiger partial charge in [-0.05, 0) is 26.9 Å². The summed E-state index contributed by atoms with van der Waals surface area (Å²) in [6.45, 7) is 2.06. The Kier molecular flexibility index (Phi) is 3.02. The van der Waals surface area contributed by atoms with Crippen LogP contribution in [0.3, 0.4) is 0 Å². The molecule has 0 amide bonds. The van der Waals surface area contributed by atoms with Crippen LogP contribution < -0.4 is 10.6 Å². The summed E-state index contributed by atoms with van der Waals surface area (Å²) in [5.74, 6) is 1.45. The SMILES string of the molecule is CN(C)CC1CCCN1c1nc(N)cn2ccnc12. The van der Waals surface area contributed by atoms with E-state index in [0.29, 0.717) is 11.9 Å². The third-order valence-corrected chi connectivity index (χ3v) is 3.60. The zero-order chi connectivity index (χ0) is 13.4. The summed E-state index contributed by atoms with van der Waals surface area (Å²) < 4.78 is 1.95. The van der Waals surface area contributed by atoms with Crippen LogP contribution in [0.5, 0.6) is 0 Å². The Morgan fingerprint density at radius 3 is 3.11 bits per heavy atom. The normalized spacial score (nSPS) is 19.7. The molecule has 6 nitrogen and oxygen atoms in total. The maximum Gasteiger partial charge on any atom is 0.180 e. The lowest BCUT2D eigenvalue weighted by Crippen LogP contribution is -2.38. The maximum atomic E-state index is 5.90. The Hall–Kier alpha value is -1.82. The zero-order valence-electron chi connectivity index (χ0n) is 11.5. The molecule has 1 atom stereocenters. The van der Waals surface area contributed by atoms with Crippen molar-refractivity contribution in [1.29, 1.82) is 0 Å². The number of hydrogen-bond acceptors (Lipinski definition) is 5. The molecule has 2 aromatic rings. The lowest BCUT2D eigenvalue weighted by Gasteiger charge is -2.28. The van der Waals surface area contributed by atoms with E-state index in [1.807, 2.05) is 16.8 Å². The second-order valence-corrected chi connectivity index (χ2v) is 5.40. The number of hydrogen-bond donors (Lipinski definition) is 1. The lowest BCUT2D eigenvalue weighted by molar-refractivity contribution is 0.371. The Morgan fingerprint density at radius 2 is 2.32 bits per heavy atom. The standard InChI is InChI=1S/C13H20N6/c1-17(2)8-10-4-3-6-19(10)13-12-15-5-7-18(12)9-11(14)16-13/h5,7,9-10H,3-4,6,8,14H2,1-2H3. The Labute approximate surface area is 112 Å². The minimum absolute atomic E-state index is 0.491. The van der Waals surface area contributed by atoms with Crippen molar-refractivity contribution in [2.45, 2.75) is 18.9 Å². The van der Waals surface area contributed by atoms with Crippen LogP contribution in [0.15, 0.2) is 18.6 Å². The molecule has 0 aromatic carbocycles. The summed E-state index contributed by atoms with van der Waals surface area (Å²) in [6.07, 6.45) is 7.90. The molecule has 2 N–H and O–H groups in total. The quantitative estimate of drug-likeness (QED) is 0.886. The number of imidazole rings is 1. The molecule has 0 radical (unpaired) electrons. The van der Waals surface area contributed by atoms with Crippen molar-refractivity contribution in [1.82, 2.24) is 19.3 Å². The van der Waals surface area contributed by atoms with Gasteiger partial charge in [-0.3, -0.25) is 0 Å². The van der Waals surface area contributed by atoms with E-state index < -0.39 is 0 Å². The van der Waals surface area contributed by atoms with Crippen LogP contribution in [-0.4, -0.2) is 52.5 Å². The first kappa shape index (κ1) is 12.2. The first-order chi connectivity index (χ1) is 9.15. The Morgan fingerprint density at radius 1 is 1.47 bits per heavy atom. The summed E-state index contributed by atoms with van der Waals surface area (Å²) in [5, 5.41) is 0. The van der Waals surface area contributed by atoms with Gasteiger partial charge in [-0.15, -0.1) is 0 Å². The number of nitrogens with zero attached hydrogens (tertiary/aromatic N) is 5. The van der Waals surface area contributed by atoms with Crippen LogP contribution in [0.4, 0.5) is 11.6 Å². The van der Waals surface area contributed by atoms with Crippen molar-refractivity contribution >= 4 is 17.3 Å². The lowest BCUT2D eigenvalue weighted by atomic mass is 10.2. The first-order valence-corrected chi connectivity index (χ1v) is 6.65. The van der Waals surface area contributed by atoms with Gasteiger partial charge in [0.05, 0.1) is 6.20 Å². The van der Waals surface area contributed by atoms with Crippen LogP contribution in [-0.2, 0) is 0 Å². The second-order valence-electron chi connectivity index (χ2n) is 5.40. The number of nitrogen functional groups attached to an aromatic ring is 1. The maximum absolute atomic E-state index is 5.90. The molecule has 0 aliphatic carbocycles. The van der Waals surface area contributed by atoms with Crippen LogP contribution in [0.2, 0.25) is 0 Å². The van der Waals surface area contributed by atoms with Crippen molar-refractivity contribution in [3.8, 4) is 0 Å². The zero-order valence-corrected chi connectivity index (χ0v) is 11.5. The van der Waals surface area contributed by atoms with Crippen molar-refractivity contribution in [2.75, 3.05) is 37.8 Å². The number of nitrogens with two attached hydrogens (primary N) is 1. The van der Waals surface area contributed by atoms with Gasteiger partial charge in [-0.2, -0.15) is 0 Å². The first-order valence-electron chi connectivity index (χ1n) is 6.65. The van der Waals surface area contributed by atoms with Crippen molar-refractivity contribution in [3.05, 3.63) is 18.6 Å². The molecular weight excluding hydrogens is 240 g/mol. The van der Waals surface area contributed by atoms with Gasteiger partial charge in [0.2, 0.25) is 0 Å². The third kappa shape index (κ3) is 2.23. The molecule has 1 aliphatic rings. The molecule has 1 aliphatic heterocycles. The number of rotatable bonds is 3. The van der Waals surface area contributed by atoms with Gasteiger partial charge in [0, 0.05) is 31.5 Å². The fraction of sp³-hybridized carbons (Fsp3) is 0.538. The number of anilines is 2. The van der Waals surface area contributed by atoms with Gasteiger partial charge >= 0.3 is 0 Å². The summed E-state index contributed by atoms with van der Waals surface area (Å²) in [4.78, 5) is 13.5. The fourth-order valence-corrected chi connectivity index (χ4v) is 2.85. The molecule has 102 valence electrons. The highest BCUT2D eigenvalue weighted by molar-refractivity contribution is 5.67. The molecule has 1 unspecified atom stereocenters. The Balaban J connectivity index is 2.00. The molecular formula is C13H20N6. The molecule has 3 rings (SSSR count). The predicted octanol–water partition coefficient (Wildman–Crippen LogP) is 0.842. The largest absolute Gasteiger partial charge is 0.382 e. The van der Waals surface area contributed by atoms with Crippen molar-refractivity contribution in [2.24, 2.45) is 0 Å². The third-order valence-electron chi connectivity index (χ3n) is 3.60. The molecule has 0 spiro atoms. The van der Waals surface area contributed by atoms with E-state index in [1.54, 1.807) is 6.20 Å². The molecule has 3 heterocycles. The average molecular weight is 260 g/mol. The second kappa shape index (κ2) is 4.70. The summed E-state index contributed by atoms with van der Waals surface area (Å²) in [6, 6.07) is 0.491. The van der Waals surface area contributed by atoms with Crippen molar-refractivity contribution in [3.63, 3.8) is 0 Å². The number of fused-ring (bicyclic) bond motifs is 1. The number of aromatic nitrogens is 3. The fourth-order valence-electron chi connectivity index (χ4n) is 2.85. The average Bonchev–Trinajstić information content (AvgIpc) is 2.95. The van der Waals surface area contributed by atoms with Crippen LogP contribution >= 0.6 is 0 Å². The van der Waals surface area contributed by atoms with E-state index in [9.17, 15) is 0 Å². The van der Waals surface area contributed by atoms with Gasteiger partial charge in [0.25, 0.3) is 0 Å². The van der Waals surface area contributed by atoms with E-state index >= 15 is 0 Å². The van der Waals surface area contributed by atoms with Gasteiger partial charge in [0.15, 0.2) is 11.5 Å². The predicted molar refractivity (Wildman–Crippen MR) is 76.3 cm³/mol. The van der Waals surface area contributed by atoms with Gasteiger partial charge in [0.1, 0.15) is 5.82 Å². The van der Waals surface area contributed by atoms with E-state index in [4.69, 9.17) is 5.73 Å². The molecule has 1 saturated heterocycles. The molecule has 0 saturated carbocycles. The highest BCUT2D eigenvalue weighted by Gasteiger charge is 2.28. The summed E-state index contributed by atoms with van der Waals surface area (Å²) in [5.41, 5.74) is 6.79. The smallest absolute Gasteiger partial charge is 0.180 e. The van der Waals surface area contributed by atoms with Crippen molar-refractivity contribution < 1.29 is 0 Å². The highest BCUT2D eigenvalue weighted by Crippen LogP contribution is 2.27. The van der Waals surface area contributed by atoms with Crippen LogP contribution in [0.25, 0.3) is 5.65 Å². The van der Waals surface area contributed by atoms with E-state index in [-0.39, 0.29) is 0 Å². The van der Waals surface area contributed by atoms with E-state index in [2.05, 4.69) is 33.9 Å².